The van der Waals surface area contributed by atoms with Crippen LogP contribution >= 0.6 is 0 Å². The van der Waals surface area contributed by atoms with Crippen molar-refractivity contribution in [2.75, 3.05) is 0 Å². The first-order valence-corrected chi connectivity index (χ1v) is 6.38. The maximum absolute atomic E-state index is 12.4. The number of hydrogen-bond acceptors (Lipinski definition) is 3. The highest BCUT2D eigenvalue weighted by Gasteiger charge is 2.38. The van der Waals surface area contributed by atoms with Gasteiger partial charge >= 0.3 is 12.1 Å². The molecule has 0 atom stereocenters. The molecule has 0 saturated carbocycles. The fraction of sp³-hybridized carbons (Fsp3) is 0.429. The standard InChI is InChI=1S/C14H15F3N2O/c1-3-4-10-5-6-11(8-9(2)7-10)12-18-13(20-19-12)14(15,16)17/h5-6,8H,3-4,7H2,1-2H3. The predicted molar refractivity (Wildman–Crippen MR) is 68.6 cm³/mol. The Bertz CT molecular complexity index is 579. The molecule has 0 amide bonds. The first-order chi connectivity index (χ1) is 9.40. The van der Waals surface area contributed by atoms with Crippen molar-refractivity contribution in [1.29, 1.82) is 0 Å². The molecular formula is C14H15F3N2O. The van der Waals surface area contributed by atoms with Gasteiger partial charge in [0.05, 0.1) is 0 Å². The molecule has 2 rings (SSSR count). The molecular weight excluding hydrogens is 269 g/mol. The van der Waals surface area contributed by atoms with Gasteiger partial charge in [-0.15, -0.1) is 0 Å². The van der Waals surface area contributed by atoms with E-state index in [-0.39, 0.29) is 5.82 Å². The number of hydrogen-bond donors (Lipinski definition) is 0. The Morgan fingerprint density at radius 1 is 1.30 bits per heavy atom. The molecule has 0 radical (unpaired) electrons. The highest BCUT2D eigenvalue weighted by molar-refractivity contribution is 5.72. The van der Waals surface area contributed by atoms with Crippen LogP contribution in [-0.2, 0) is 6.18 Å². The smallest absolute Gasteiger partial charge is 0.329 e. The average Bonchev–Trinajstić information content (AvgIpc) is 2.77. The molecule has 0 aromatic carbocycles. The third-order valence-electron chi connectivity index (χ3n) is 2.90. The molecule has 1 aliphatic rings. The molecule has 3 nitrogen and oxygen atoms in total. The van der Waals surface area contributed by atoms with E-state index in [2.05, 4.69) is 21.6 Å². The molecule has 1 aromatic heterocycles. The van der Waals surface area contributed by atoms with Crippen molar-refractivity contribution >= 4 is 5.57 Å². The van der Waals surface area contributed by atoms with Crippen molar-refractivity contribution in [2.45, 2.75) is 39.3 Å². The SMILES string of the molecule is CCCC1=CC=C(c2noc(C(F)(F)F)n2)C=C(C)C1. The fourth-order valence-electron chi connectivity index (χ4n) is 2.08. The van der Waals surface area contributed by atoms with Crippen LogP contribution in [0.4, 0.5) is 13.2 Å². The number of allylic oxidation sites excluding steroid dienone is 6. The molecule has 0 bridgehead atoms. The number of nitrogens with zero attached hydrogens (tertiary/aromatic N) is 2. The summed E-state index contributed by atoms with van der Waals surface area (Å²) >= 11 is 0. The molecule has 1 heterocycles. The van der Waals surface area contributed by atoms with E-state index in [1.165, 1.54) is 5.57 Å². The van der Waals surface area contributed by atoms with Crippen molar-refractivity contribution in [3.63, 3.8) is 0 Å². The Hall–Kier alpha value is -1.85. The number of rotatable bonds is 3. The van der Waals surface area contributed by atoms with Gasteiger partial charge in [-0.25, -0.2) is 0 Å². The normalized spacial score (nSPS) is 16.4. The summed E-state index contributed by atoms with van der Waals surface area (Å²) in [6.45, 7) is 4.03. The zero-order valence-corrected chi connectivity index (χ0v) is 11.3. The lowest BCUT2D eigenvalue weighted by Gasteiger charge is -2.03. The summed E-state index contributed by atoms with van der Waals surface area (Å²) in [6.07, 6.45) is 3.67. The lowest BCUT2D eigenvalue weighted by Crippen LogP contribution is -2.05. The van der Waals surface area contributed by atoms with E-state index in [0.717, 1.165) is 24.8 Å². The Balaban J connectivity index is 2.32. The Kier molecular flexibility index (Phi) is 4.11. The summed E-state index contributed by atoms with van der Waals surface area (Å²) in [7, 11) is 0. The van der Waals surface area contributed by atoms with Gasteiger partial charge in [0, 0.05) is 5.57 Å². The molecule has 0 aliphatic heterocycles. The highest BCUT2D eigenvalue weighted by Crippen LogP contribution is 2.30. The van der Waals surface area contributed by atoms with Gasteiger partial charge in [-0.3, -0.25) is 0 Å². The van der Waals surface area contributed by atoms with Crippen LogP contribution in [0.25, 0.3) is 5.57 Å². The van der Waals surface area contributed by atoms with Crippen LogP contribution in [0.2, 0.25) is 0 Å². The fourth-order valence-corrected chi connectivity index (χ4v) is 2.08. The van der Waals surface area contributed by atoms with E-state index in [4.69, 9.17) is 0 Å². The van der Waals surface area contributed by atoms with Gasteiger partial charge in [-0.05, 0) is 19.8 Å². The highest BCUT2D eigenvalue weighted by atomic mass is 19.4. The average molecular weight is 284 g/mol. The van der Waals surface area contributed by atoms with Crippen LogP contribution in [0.15, 0.2) is 33.9 Å². The van der Waals surface area contributed by atoms with Crippen LogP contribution in [0.3, 0.4) is 0 Å². The third-order valence-corrected chi connectivity index (χ3v) is 2.90. The number of halogens is 3. The minimum absolute atomic E-state index is 0.0364. The van der Waals surface area contributed by atoms with E-state index in [0.29, 0.717) is 5.57 Å². The van der Waals surface area contributed by atoms with Crippen molar-refractivity contribution in [3.05, 3.63) is 41.1 Å². The van der Waals surface area contributed by atoms with E-state index >= 15 is 0 Å². The second-order valence-electron chi connectivity index (χ2n) is 4.79. The van der Waals surface area contributed by atoms with E-state index in [9.17, 15) is 13.2 Å². The largest absolute Gasteiger partial charge is 0.471 e. The summed E-state index contributed by atoms with van der Waals surface area (Å²) in [5, 5.41) is 3.41. The number of alkyl halides is 3. The van der Waals surface area contributed by atoms with Gasteiger partial charge in [0.2, 0.25) is 5.82 Å². The summed E-state index contributed by atoms with van der Waals surface area (Å²) in [5.41, 5.74) is 2.84. The summed E-state index contributed by atoms with van der Waals surface area (Å²) in [6, 6.07) is 0. The van der Waals surface area contributed by atoms with Crippen molar-refractivity contribution in [3.8, 4) is 0 Å². The van der Waals surface area contributed by atoms with Crippen LogP contribution < -0.4 is 0 Å². The molecule has 6 heteroatoms. The second-order valence-corrected chi connectivity index (χ2v) is 4.79. The minimum Gasteiger partial charge on any atom is -0.329 e. The maximum Gasteiger partial charge on any atom is 0.471 e. The van der Waals surface area contributed by atoms with Crippen LogP contribution in [-0.4, -0.2) is 10.1 Å². The van der Waals surface area contributed by atoms with Crippen LogP contribution in [0.1, 0.15) is 44.8 Å². The third kappa shape index (κ3) is 3.37. The summed E-state index contributed by atoms with van der Waals surface area (Å²) < 4.78 is 41.6. The van der Waals surface area contributed by atoms with Crippen molar-refractivity contribution in [1.82, 2.24) is 10.1 Å². The van der Waals surface area contributed by atoms with Gasteiger partial charge in [0.1, 0.15) is 0 Å². The molecule has 20 heavy (non-hydrogen) atoms. The quantitative estimate of drug-likeness (QED) is 0.817. The number of aromatic nitrogens is 2. The molecule has 0 saturated heterocycles. The topological polar surface area (TPSA) is 38.9 Å². The zero-order chi connectivity index (χ0) is 14.8. The van der Waals surface area contributed by atoms with Gasteiger partial charge in [0.15, 0.2) is 0 Å². The molecule has 0 fully saturated rings. The van der Waals surface area contributed by atoms with Gasteiger partial charge in [-0.1, -0.05) is 47.9 Å². The van der Waals surface area contributed by atoms with Crippen LogP contribution in [0.5, 0.6) is 0 Å². The maximum atomic E-state index is 12.4. The Labute approximate surface area is 114 Å². The Morgan fingerprint density at radius 3 is 2.65 bits per heavy atom. The monoisotopic (exact) mass is 284 g/mol. The molecule has 0 unspecified atom stereocenters. The molecule has 1 aliphatic carbocycles. The van der Waals surface area contributed by atoms with Gasteiger partial charge in [-0.2, -0.15) is 18.2 Å². The molecule has 0 N–H and O–H groups in total. The first kappa shape index (κ1) is 14.6. The summed E-state index contributed by atoms with van der Waals surface area (Å²) in [5.74, 6) is -1.35. The lowest BCUT2D eigenvalue weighted by atomic mass is 10.0. The molecule has 108 valence electrons. The first-order valence-electron chi connectivity index (χ1n) is 6.38. The van der Waals surface area contributed by atoms with E-state index < -0.39 is 12.1 Å². The van der Waals surface area contributed by atoms with Crippen molar-refractivity contribution in [2.24, 2.45) is 0 Å². The molecule has 1 aromatic rings. The van der Waals surface area contributed by atoms with Gasteiger partial charge < -0.3 is 4.52 Å². The van der Waals surface area contributed by atoms with E-state index in [1.807, 2.05) is 13.0 Å². The zero-order valence-electron chi connectivity index (χ0n) is 11.3. The second kappa shape index (κ2) is 5.64. The predicted octanol–water partition coefficient (Wildman–Crippen LogP) is 4.55. The van der Waals surface area contributed by atoms with E-state index in [1.54, 1.807) is 12.2 Å². The summed E-state index contributed by atoms with van der Waals surface area (Å²) in [4.78, 5) is 3.41. The van der Waals surface area contributed by atoms with Crippen LogP contribution in [0, 0.1) is 0 Å². The molecule has 0 spiro atoms. The van der Waals surface area contributed by atoms with Gasteiger partial charge in [0.25, 0.3) is 0 Å². The Morgan fingerprint density at radius 2 is 2.05 bits per heavy atom. The van der Waals surface area contributed by atoms with Crippen molar-refractivity contribution < 1.29 is 17.7 Å². The lowest BCUT2D eigenvalue weighted by molar-refractivity contribution is -0.159. The minimum atomic E-state index is -4.61.